The second-order valence-corrected chi connectivity index (χ2v) is 4.74. The van der Waals surface area contributed by atoms with Gasteiger partial charge in [-0.1, -0.05) is 6.07 Å². The second kappa shape index (κ2) is 4.24. The van der Waals surface area contributed by atoms with Gasteiger partial charge >= 0.3 is 0 Å². The summed E-state index contributed by atoms with van der Waals surface area (Å²) in [5.74, 6) is -2.87. The lowest BCUT2D eigenvalue weighted by Gasteiger charge is -2.39. The Morgan fingerprint density at radius 3 is 2.71 bits per heavy atom. The molecule has 0 N–H and O–H groups in total. The molecular formula is C13H16F3N. The van der Waals surface area contributed by atoms with E-state index in [0.717, 1.165) is 5.69 Å². The van der Waals surface area contributed by atoms with Crippen molar-refractivity contribution in [1.82, 2.24) is 0 Å². The molecule has 0 radical (unpaired) electrons. The second-order valence-electron chi connectivity index (χ2n) is 4.74. The SMILES string of the molecule is Cc1c(F)cccc1N1CCC(F)(F)CC1C. The third kappa shape index (κ3) is 2.40. The maximum atomic E-state index is 13.4. The molecule has 4 heteroatoms. The molecule has 0 aromatic heterocycles. The number of anilines is 1. The Morgan fingerprint density at radius 2 is 2.06 bits per heavy atom. The molecule has 0 spiro atoms. The molecule has 0 amide bonds. The lowest BCUT2D eigenvalue weighted by atomic mass is 9.98. The van der Waals surface area contributed by atoms with Crippen molar-refractivity contribution in [1.29, 1.82) is 0 Å². The number of halogens is 3. The molecule has 17 heavy (non-hydrogen) atoms. The van der Waals surface area contributed by atoms with Crippen molar-refractivity contribution in [2.45, 2.75) is 38.7 Å². The highest BCUT2D eigenvalue weighted by atomic mass is 19.3. The van der Waals surface area contributed by atoms with Crippen LogP contribution in [0.1, 0.15) is 25.3 Å². The average Bonchev–Trinajstić information content (AvgIpc) is 2.22. The van der Waals surface area contributed by atoms with Gasteiger partial charge in [0.2, 0.25) is 0 Å². The quantitative estimate of drug-likeness (QED) is 0.726. The fourth-order valence-electron chi connectivity index (χ4n) is 2.41. The summed E-state index contributed by atoms with van der Waals surface area (Å²) in [6.07, 6.45) is -0.323. The zero-order valence-electron chi connectivity index (χ0n) is 10.0. The van der Waals surface area contributed by atoms with E-state index in [1.165, 1.54) is 6.07 Å². The number of nitrogens with zero attached hydrogens (tertiary/aromatic N) is 1. The van der Waals surface area contributed by atoms with Gasteiger partial charge in [0.1, 0.15) is 5.82 Å². The van der Waals surface area contributed by atoms with Gasteiger partial charge < -0.3 is 4.90 Å². The summed E-state index contributed by atoms with van der Waals surface area (Å²) in [5, 5.41) is 0. The summed E-state index contributed by atoms with van der Waals surface area (Å²) in [6.45, 7) is 3.72. The van der Waals surface area contributed by atoms with E-state index in [9.17, 15) is 13.2 Å². The van der Waals surface area contributed by atoms with Crippen LogP contribution in [0.4, 0.5) is 18.9 Å². The molecule has 94 valence electrons. The first-order chi connectivity index (χ1) is 7.91. The largest absolute Gasteiger partial charge is 0.368 e. The van der Waals surface area contributed by atoms with Crippen LogP contribution in [0.5, 0.6) is 0 Å². The van der Waals surface area contributed by atoms with E-state index in [2.05, 4.69) is 0 Å². The van der Waals surface area contributed by atoms with Crippen LogP contribution in [-0.4, -0.2) is 18.5 Å². The molecule has 1 aromatic carbocycles. The van der Waals surface area contributed by atoms with Crippen molar-refractivity contribution in [2.75, 3.05) is 11.4 Å². The first kappa shape index (κ1) is 12.3. The maximum absolute atomic E-state index is 13.4. The number of hydrogen-bond donors (Lipinski definition) is 0. The summed E-state index contributed by atoms with van der Waals surface area (Å²) < 4.78 is 39.9. The Balaban J connectivity index is 2.26. The van der Waals surface area contributed by atoms with Crippen molar-refractivity contribution in [3.8, 4) is 0 Å². The summed E-state index contributed by atoms with van der Waals surface area (Å²) >= 11 is 0. The number of alkyl halides is 2. The van der Waals surface area contributed by atoms with E-state index in [4.69, 9.17) is 0 Å². The van der Waals surface area contributed by atoms with Gasteiger partial charge in [-0.05, 0) is 26.0 Å². The molecule has 0 bridgehead atoms. The number of hydrogen-bond acceptors (Lipinski definition) is 1. The lowest BCUT2D eigenvalue weighted by Crippen LogP contribution is -2.45. The smallest absolute Gasteiger partial charge is 0.251 e. The van der Waals surface area contributed by atoms with Crippen LogP contribution in [0, 0.1) is 12.7 Å². The van der Waals surface area contributed by atoms with Gasteiger partial charge in [0, 0.05) is 36.7 Å². The molecule has 0 saturated carbocycles. The monoisotopic (exact) mass is 243 g/mol. The van der Waals surface area contributed by atoms with Crippen molar-refractivity contribution >= 4 is 5.69 Å². The summed E-state index contributed by atoms with van der Waals surface area (Å²) in [5.41, 5.74) is 1.26. The van der Waals surface area contributed by atoms with Crippen LogP contribution < -0.4 is 4.90 Å². The van der Waals surface area contributed by atoms with E-state index < -0.39 is 5.92 Å². The minimum absolute atomic E-state index is 0.159. The van der Waals surface area contributed by atoms with Gasteiger partial charge in [0.15, 0.2) is 0 Å². The molecule has 1 fully saturated rings. The van der Waals surface area contributed by atoms with Gasteiger partial charge in [-0.3, -0.25) is 0 Å². The zero-order chi connectivity index (χ0) is 12.6. The van der Waals surface area contributed by atoms with Crippen LogP contribution in [0.15, 0.2) is 18.2 Å². The van der Waals surface area contributed by atoms with Crippen LogP contribution >= 0.6 is 0 Å². The Kier molecular flexibility index (Phi) is 3.06. The van der Waals surface area contributed by atoms with Crippen molar-refractivity contribution < 1.29 is 13.2 Å². The highest BCUT2D eigenvalue weighted by molar-refractivity contribution is 5.54. The van der Waals surface area contributed by atoms with Crippen LogP contribution in [0.2, 0.25) is 0 Å². The Labute approximate surface area is 99.2 Å². The van der Waals surface area contributed by atoms with Crippen LogP contribution in [-0.2, 0) is 0 Å². The van der Waals surface area contributed by atoms with E-state index in [0.29, 0.717) is 5.56 Å². The summed E-state index contributed by atoms with van der Waals surface area (Å²) in [4.78, 5) is 1.87. The summed E-state index contributed by atoms with van der Waals surface area (Å²) in [7, 11) is 0. The lowest BCUT2D eigenvalue weighted by molar-refractivity contribution is -0.0318. The Morgan fingerprint density at radius 1 is 1.35 bits per heavy atom. The minimum atomic E-state index is -2.59. The number of rotatable bonds is 1. The van der Waals surface area contributed by atoms with E-state index in [1.807, 2.05) is 4.90 Å². The highest BCUT2D eigenvalue weighted by Crippen LogP contribution is 2.35. The molecular weight excluding hydrogens is 227 g/mol. The topological polar surface area (TPSA) is 3.24 Å². The molecule has 1 aromatic rings. The Bertz CT molecular complexity index is 417. The molecule has 1 saturated heterocycles. The molecule has 1 unspecified atom stereocenters. The molecule has 1 heterocycles. The first-order valence-corrected chi connectivity index (χ1v) is 5.80. The molecule has 0 aliphatic carbocycles. The van der Waals surface area contributed by atoms with E-state index in [1.54, 1.807) is 26.0 Å². The van der Waals surface area contributed by atoms with Crippen molar-refractivity contribution in [3.05, 3.63) is 29.6 Å². The minimum Gasteiger partial charge on any atom is -0.368 e. The molecule has 2 rings (SSSR count). The van der Waals surface area contributed by atoms with Gasteiger partial charge in [0.25, 0.3) is 5.92 Å². The Hall–Kier alpha value is -1.19. The van der Waals surface area contributed by atoms with E-state index in [-0.39, 0.29) is 31.2 Å². The van der Waals surface area contributed by atoms with E-state index >= 15 is 0 Å². The van der Waals surface area contributed by atoms with Gasteiger partial charge in [-0.2, -0.15) is 0 Å². The fourth-order valence-corrected chi connectivity index (χ4v) is 2.41. The standard InChI is InChI=1S/C13H16F3N/c1-9-8-13(15,16)6-7-17(9)12-5-3-4-11(14)10(12)2/h3-5,9H,6-8H2,1-2H3. The number of piperidine rings is 1. The molecule has 1 atom stereocenters. The maximum Gasteiger partial charge on any atom is 0.251 e. The fraction of sp³-hybridized carbons (Fsp3) is 0.538. The first-order valence-electron chi connectivity index (χ1n) is 5.80. The van der Waals surface area contributed by atoms with Crippen LogP contribution in [0.3, 0.4) is 0 Å². The van der Waals surface area contributed by atoms with Gasteiger partial charge in [-0.25, -0.2) is 13.2 Å². The third-order valence-electron chi connectivity index (χ3n) is 3.39. The predicted molar refractivity (Wildman–Crippen MR) is 62.1 cm³/mol. The molecule has 1 aliphatic heterocycles. The highest BCUT2D eigenvalue weighted by Gasteiger charge is 2.38. The summed E-state index contributed by atoms with van der Waals surface area (Å²) in [6, 6.07) is 4.54. The third-order valence-corrected chi connectivity index (χ3v) is 3.39. The molecule has 1 nitrogen and oxygen atoms in total. The average molecular weight is 243 g/mol. The van der Waals surface area contributed by atoms with Gasteiger partial charge in [0.05, 0.1) is 0 Å². The number of benzene rings is 1. The van der Waals surface area contributed by atoms with Crippen molar-refractivity contribution in [3.63, 3.8) is 0 Å². The normalized spacial score (nSPS) is 23.8. The molecule has 1 aliphatic rings. The predicted octanol–water partition coefficient (Wildman–Crippen LogP) is 3.76. The van der Waals surface area contributed by atoms with Crippen LogP contribution in [0.25, 0.3) is 0 Å². The van der Waals surface area contributed by atoms with Gasteiger partial charge in [-0.15, -0.1) is 0 Å². The van der Waals surface area contributed by atoms with Crippen molar-refractivity contribution in [2.24, 2.45) is 0 Å². The zero-order valence-corrected chi connectivity index (χ0v) is 10.0.